The van der Waals surface area contributed by atoms with Crippen molar-refractivity contribution >= 4 is 10.9 Å². The summed E-state index contributed by atoms with van der Waals surface area (Å²) in [6.07, 6.45) is 0.828. The van der Waals surface area contributed by atoms with Gasteiger partial charge in [0.1, 0.15) is 17.0 Å². The molecule has 0 spiro atoms. The molecular formula is C22H25NO2. The van der Waals surface area contributed by atoms with Gasteiger partial charge in [-0.05, 0) is 42.7 Å². The van der Waals surface area contributed by atoms with Gasteiger partial charge in [-0.25, -0.2) is 4.98 Å². The first kappa shape index (κ1) is 17.3. The molecule has 0 bridgehead atoms. The summed E-state index contributed by atoms with van der Waals surface area (Å²) in [5.41, 5.74) is 3.25. The number of hydrogen-bond acceptors (Lipinski definition) is 3. The van der Waals surface area contributed by atoms with Gasteiger partial charge in [0.25, 0.3) is 0 Å². The van der Waals surface area contributed by atoms with Gasteiger partial charge in [0.2, 0.25) is 0 Å². The molecule has 0 atom stereocenters. The van der Waals surface area contributed by atoms with Crippen LogP contribution >= 0.6 is 0 Å². The first-order chi connectivity index (χ1) is 12.1. The second-order valence-corrected chi connectivity index (χ2v) is 6.55. The highest BCUT2D eigenvalue weighted by Crippen LogP contribution is 2.24. The third-order valence-electron chi connectivity index (χ3n) is 4.18. The number of para-hydroxylation sites is 1. The van der Waals surface area contributed by atoms with Crippen molar-refractivity contribution in [3.63, 3.8) is 0 Å². The molecule has 3 aromatic rings. The van der Waals surface area contributed by atoms with Gasteiger partial charge in [0.05, 0.1) is 13.2 Å². The highest BCUT2D eigenvalue weighted by Gasteiger charge is 2.04. The van der Waals surface area contributed by atoms with Crippen LogP contribution in [0.3, 0.4) is 0 Å². The van der Waals surface area contributed by atoms with Gasteiger partial charge < -0.3 is 9.47 Å². The lowest BCUT2D eigenvalue weighted by molar-refractivity contribution is 0.248. The quantitative estimate of drug-likeness (QED) is 0.533. The molecular weight excluding hydrogens is 310 g/mol. The molecule has 0 unspecified atom stereocenters. The van der Waals surface area contributed by atoms with Crippen LogP contribution in [-0.2, 0) is 0 Å². The van der Waals surface area contributed by atoms with E-state index >= 15 is 0 Å². The number of nitrogens with zero attached hydrogens (tertiary/aromatic N) is 1. The predicted octanol–water partition coefficient (Wildman–Crippen LogP) is 5.51. The van der Waals surface area contributed by atoms with Gasteiger partial charge in [0.15, 0.2) is 0 Å². The fourth-order valence-electron chi connectivity index (χ4n) is 2.71. The Labute approximate surface area is 149 Å². The van der Waals surface area contributed by atoms with Crippen LogP contribution < -0.4 is 9.47 Å². The summed E-state index contributed by atoms with van der Waals surface area (Å²) in [5, 5.41) is 1.10. The Bertz CT molecular complexity index is 825. The molecule has 1 aromatic heterocycles. The molecule has 0 saturated heterocycles. The standard InChI is InChI=1S/C22H25NO2/c1-16(2)18-10-12-20(13-11-18)24-14-5-15-25-21-7-4-6-19-9-8-17(3)23-22(19)21/h4,6-13,16H,5,14-15H2,1-3H3. The molecule has 0 aliphatic carbocycles. The maximum Gasteiger partial charge on any atom is 0.145 e. The molecule has 3 heteroatoms. The highest BCUT2D eigenvalue weighted by atomic mass is 16.5. The Morgan fingerprint density at radius 1 is 0.880 bits per heavy atom. The molecule has 3 nitrogen and oxygen atoms in total. The third kappa shape index (κ3) is 4.50. The number of fused-ring (bicyclic) bond motifs is 1. The van der Waals surface area contributed by atoms with E-state index in [-0.39, 0.29) is 0 Å². The number of aromatic nitrogens is 1. The molecule has 0 fully saturated rings. The number of hydrogen-bond donors (Lipinski definition) is 0. The van der Waals surface area contributed by atoms with Crippen molar-refractivity contribution in [3.05, 3.63) is 65.9 Å². The zero-order valence-electron chi connectivity index (χ0n) is 15.2. The smallest absolute Gasteiger partial charge is 0.145 e. The fourth-order valence-corrected chi connectivity index (χ4v) is 2.71. The normalized spacial score (nSPS) is 11.0. The van der Waals surface area contributed by atoms with Gasteiger partial charge in [-0.15, -0.1) is 0 Å². The van der Waals surface area contributed by atoms with Crippen LogP contribution in [0.4, 0.5) is 0 Å². The summed E-state index contributed by atoms with van der Waals surface area (Å²) in [6.45, 7) is 7.62. The van der Waals surface area contributed by atoms with E-state index in [1.165, 1.54) is 5.56 Å². The number of benzene rings is 2. The summed E-state index contributed by atoms with van der Waals surface area (Å²) in [7, 11) is 0. The van der Waals surface area contributed by atoms with Crippen LogP contribution in [-0.4, -0.2) is 18.2 Å². The average Bonchev–Trinajstić information content (AvgIpc) is 2.62. The molecule has 2 aromatic carbocycles. The maximum atomic E-state index is 5.92. The SMILES string of the molecule is Cc1ccc2cccc(OCCCOc3ccc(C(C)C)cc3)c2n1. The van der Waals surface area contributed by atoms with Crippen molar-refractivity contribution in [2.24, 2.45) is 0 Å². The van der Waals surface area contributed by atoms with Crippen LogP contribution in [0.2, 0.25) is 0 Å². The topological polar surface area (TPSA) is 31.4 Å². The summed E-state index contributed by atoms with van der Waals surface area (Å²) in [6, 6.07) is 18.4. The summed E-state index contributed by atoms with van der Waals surface area (Å²) in [4.78, 5) is 4.59. The monoisotopic (exact) mass is 335 g/mol. The molecule has 0 radical (unpaired) electrons. The Morgan fingerprint density at radius 2 is 1.64 bits per heavy atom. The zero-order valence-corrected chi connectivity index (χ0v) is 15.2. The summed E-state index contributed by atoms with van der Waals surface area (Å²) >= 11 is 0. The molecule has 0 saturated carbocycles. The molecule has 0 amide bonds. The zero-order chi connectivity index (χ0) is 17.6. The van der Waals surface area contributed by atoms with Crippen LogP contribution in [0.5, 0.6) is 11.5 Å². The molecule has 130 valence electrons. The lowest BCUT2D eigenvalue weighted by Gasteiger charge is -2.11. The van der Waals surface area contributed by atoms with E-state index in [4.69, 9.17) is 9.47 Å². The van der Waals surface area contributed by atoms with Crippen molar-refractivity contribution in [2.75, 3.05) is 13.2 Å². The van der Waals surface area contributed by atoms with Gasteiger partial charge in [-0.2, -0.15) is 0 Å². The Morgan fingerprint density at radius 3 is 2.40 bits per heavy atom. The molecule has 3 rings (SSSR count). The van der Waals surface area contributed by atoms with Crippen molar-refractivity contribution in [3.8, 4) is 11.5 Å². The lowest BCUT2D eigenvalue weighted by Crippen LogP contribution is -2.05. The van der Waals surface area contributed by atoms with Crippen molar-refractivity contribution in [2.45, 2.75) is 33.1 Å². The second kappa shape index (κ2) is 8.02. The van der Waals surface area contributed by atoms with Crippen molar-refractivity contribution in [1.82, 2.24) is 4.98 Å². The first-order valence-electron chi connectivity index (χ1n) is 8.85. The molecule has 25 heavy (non-hydrogen) atoms. The highest BCUT2D eigenvalue weighted by molar-refractivity contribution is 5.84. The third-order valence-corrected chi connectivity index (χ3v) is 4.18. The van der Waals surface area contributed by atoms with E-state index in [9.17, 15) is 0 Å². The van der Waals surface area contributed by atoms with Gasteiger partial charge in [-0.1, -0.05) is 44.2 Å². The number of pyridine rings is 1. The molecule has 0 N–H and O–H groups in total. The van der Waals surface area contributed by atoms with E-state index in [1.54, 1.807) is 0 Å². The second-order valence-electron chi connectivity index (χ2n) is 6.55. The van der Waals surface area contributed by atoms with Crippen LogP contribution in [0.15, 0.2) is 54.6 Å². The van der Waals surface area contributed by atoms with Crippen molar-refractivity contribution < 1.29 is 9.47 Å². The van der Waals surface area contributed by atoms with E-state index in [0.29, 0.717) is 19.1 Å². The molecule has 0 aliphatic heterocycles. The Balaban J connectivity index is 1.50. The summed E-state index contributed by atoms with van der Waals surface area (Å²) in [5.74, 6) is 2.29. The first-order valence-corrected chi connectivity index (χ1v) is 8.85. The van der Waals surface area contributed by atoms with Gasteiger partial charge in [-0.3, -0.25) is 0 Å². The van der Waals surface area contributed by atoms with Gasteiger partial charge >= 0.3 is 0 Å². The van der Waals surface area contributed by atoms with Crippen molar-refractivity contribution in [1.29, 1.82) is 0 Å². The predicted molar refractivity (Wildman–Crippen MR) is 103 cm³/mol. The maximum absolute atomic E-state index is 5.92. The number of ether oxygens (including phenoxy) is 2. The Kier molecular flexibility index (Phi) is 5.54. The lowest BCUT2D eigenvalue weighted by atomic mass is 10.0. The van der Waals surface area contributed by atoms with Crippen LogP contribution in [0.25, 0.3) is 10.9 Å². The minimum absolute atomic E-state index is 0.542. The average molecular weight is 335 g/mol. The minimum Gasteiger partial charge on any atom is -0.493 e. The van der Waals surface area contributed by atoms with E-state index < -0.39 is 0 Å². The van der Waals surface area contributed by atoms with Crippen LogP contribution in [0, 0.1) is 6.92 Å². The van der Waals surface area contributed by atoms with Crippen LogP contribution in [0.1, 0.15) is 37.4 Å². The van der Waals surface area contributed by atoms with E-state index in [0.717, 1.165) is 34.5 Å². The Hall–Kier alpha value is -2.55. The molecule has 1 heterocycles. The minimum atomic E-state index is 0.542. The summed E-state index contributed by atoms with van der Waals surface area (Å²) < 4.78 is 11.7. The largest absolute Gasteiger partial charge is 0.493 e. The van der Waals surface area contributed by atoms with E-state index in [2.05, 4.69) is 43.1 Å². The van der Waals surface area contributed by atoms with Gasteiger partial charge in [0, 0.05) is 17.5 Å². The number of aryl methyl sites for hydroxylation is 1. The van der Waals surface area contributed by atoms with E-state index in [1.807, 2.05) is 37.3 Å². The number of rotatable bonds is 7. The fraction of sp³-hybridized carbons (Fsp3) is 0.318. The molecule has 0 aliphatic rings.